The lowest BCUT2D eigenvalue weighted by atomic mass is 9.91. The van der Waals surface area contributed by atoms with Gasteiger partial charge in [-0.3, -0.25) is 0 Å². The van der Waals surface area contributed by atoms with Crippen LogP contribution in [-0.4, -0.2) is 42.2 Å². The first-order valence-electron chi connectivity index (χ1n) is 11.7. The largest absolute Gasteiger partial charge is 0.362 e. The quantitative estimate of drug-likeness (QED) is 0.533. The van der Waals surface area contributed by atoms with Crippen molar-refractivity contribution in [2.75, 3.05) is 24.3 Å². The summed E-state index contributed by atoms with van der Waals surface area (Å²) in [5.74, 6) is 1.77. The van der Waals surface area contributed by atoms with Gasteiger partial charge in [0, 0.05) is 38.3 Å². The average molecular weight is 491 g/mol. The minimum Gasteiger partial charge on any atom is -0.362 e. The number of anilines is 2. The van der Waals surface area contributed by atoms with Crippen LogP contribution >= 0.6 is 23.2 Å². The van der Waals surface area contributed by atoms with Crippen molar-refractivity contribution in [3.05, 3.63) is 45.1 Å². The highest BCUT2D eigenvalue weighted by Gasteiger charge is 2.24. The Hall–Kier alpha value is -2.25. The number of carbonyl (C=O) groups excluding carboxylic acids is 1. The summed E-state index contributed by atoms with van der Waals surface area (Å²) < 4.78 is 0. The number of urea groups is 1. The van der Waals surface area contributed by atoms with Crippen LogP contribution in [0.1, 0.15) is 55.3 Å². The van der Waals surface area contributed by atoms with Crippen molar-refractivity contribution in [2.45, 2.75) is 70.0 Å². The highest BCUT2D eigenvalue weighted by Crippen LogP contribution is 2.29. The molecule has 2 aliphatic carbocycles. The van der Waals surface area contributed by atoms with Crippen LogP contribution in [0.2, 0.25) is 10.0 Å². The Bertz CT molecular complexity index is 991. The molecule has 1 saturated carbocycles. The summed E-state index contributed by atoms with van der Waals surface area (Å²) in [6, 6.07) is 5.69. The third-order valence-electron chi connectivity index (χ3n) is 6.42. The maximum Gasteiger partial charge on any atom is 0.315 e. The van der Waals surface area contributed by atoms with Gasteiger partial charge < -0.3 is 20.9 Å². The molecule has 1 fully saturated rings. The molecule has 178 valence electrons. The highest BCUT2D eigenvalue weighted by atomic mass is 35.5. The van der Waals surface area contributed by atoms with Gasteiger partial charge in [0.15, 0.2) is 0 Å². The third kappa shape index (κ3) is 6.21. The zero-order chi connectivity index (χ0) is 23.4. The SMILES string of the molecule is CN(C)c1nc(NC2CCC(NC(=O)NCc3ccc(Cl)c(Cl)c3)CC2)nc2c1CCCC2. The first-order valence-corrected chi connectivity index (χ1v) is 12.5. The molecule has 0 unspecified atom stereocenters. The first-order chi connectivity index (χ1) is 15.9. The summed E-state index contributed by atoms with van der Waals surface area (Å²) in [5.41, 5.74) is 3.41. The molecule has 2 aromatic rings. The van der Waals surface area contributed by atoms with Crippen molar-refractivity contribution in [3.8, 4) is 0 Å². The number of aryl methyl sites for hydroxylation is 1. The minimum atomic E-state index is -0.161. The Morgan fingerprint density at radius 1 is 1.03 bits per heavy atom. The van der Waals surface area contributed by atoms with E-state index >= 15 is 0 Å². The van der Waals surface area contributed by atoms with E-state index in [1.165, 1.54) is 24.1 Å². The van der Waals surface area contributed by atoms with Gasteiger partial charge in [0.25, 0.3) is 0 Å². The number of fused-ring (bicyclic) bond motifs is 1. The van der Waals surface area contributed by atoms with Crippen LogP contribution in [0.15, 0.2) is 18.2 Å². The fourth-order valence-corrected chi connectivity index (χ4v) is 4.96. The van der Waals surface area contributed by atoms with Crippen LogP contribution < -0.4 is 20.9 Å². The van der Waals surface area contributed by atoms with E-state index in [1.807, 2.05) is 20.2 Å². The number of rotatable bonds is 6. The average Bonchev–Trinajstić information content (AvgIpc) is 2.80. The first kappa shape index (κ1) is 23.9. The number of carbonyl (C=O) groups is 1. The van der Waals surface area contributed by atoms with E-state index < -0.39 is 0 Å². The van der Waals surface area contributed by atoms with Crippen LogP contribution in [0.25, 0.3) is 0 Å². The van der Waals surface area contributed by atoms with Crippen molar-refractivity contribution in [2.24, 2.45) is 0 Å². The molecule has 1 aromatic carbocycles. The fraction of sp³-hybridized carbons (Fsp3) is 0.542. The van der Waals surface area contributed by atoms with Crippen molar-refractivity contribution in [1.82, 2.24) is 20.6 Å². The Balaban J connectivity index is 1.25. The summed E-state index contributed by atoms with van der Waals surface area (Å²) in [7, 11) is 4.09. The molecule has 7 nitrogen and oxygen atoms in total. The Kier molecular flexibility index (Phi) is 7.81. The maximum absolute atomic E-state index is 12.3. The number of halogens is 2. The molecule has 0 radical (unpaired) electrons. The van der Waals surface area contributed by atoms with E-state index in [1.54, 1.807) is 12.1 Å². The predicted octanol–water partition coefficient (Wildman–Crippen LogP) is 4.95. The second kappa shape index (κ2) is 10.8. The monoisotopic (exact) mass is 490 g/mol. The molecule has 0 atom stereocenters. The second-order valence-electron chi connectivity index (χ2n) is 9.17. The van der Waals surface area contributed by atoms with E-state index in [2.05, 4.69) is 20.9 Å². The third-order valence-corrected chi connectivity index (χ3v) is 7.16. The van der Waals surface area contributed by atoms with Gasteiger partial charge in [-0.2, -0.15) is 4.98 Å². The van der Waals surface area contributed by atoms with Crippen LogP contribution in [0.5, 0.6) is 0 Å². The van der Waals surface area contributed by atoms with Gasteiger partial charge in [-0.1, -0.05) is 29.3 Å². The number of hydrogen-bond donors (Lipinski definition) is 3. The normalized spacial score (nSPS) is 20.0. The van der Waals surface area contributed by atoms with Gasteiger partial charge in [-0.05, 0) is 69.1 Å². The number of hydrogen-bond acceptors (Lipinski definition) is 5. The summed E-state index contributed by atoms with van der Waals surface area (Å²) in [4.78, 5) is 24.1. The molecule has 9 heteroatoms. The van der Waals surface area contributed by atoms with E-state index in [9.17, 15) is 4.79 Å². The number of aromatic nitrogens is 2. The van der Waals surface area contributed by atoms with E-state index in [4.69, 9.17) is 33.2 Å². The lowest BCUT2D eigenvalue weighted by Gasteiger charge is -2.30. The van der Waals surface area contributed by atoms with Crippen molar-refractivity contribution in [3.63, 3.8) is 0 Å². The van der Waals surface area contributed by atoms with Gasteiger partial charge in [-0.25, -0.2) is 9.78 Å². The second-order valence-corrected chi connectivity index (χ2v) is 9.98. The van der Waals surface area contributed by atoms with E-state index in [0.717, 1.165) is 55.9 Å². The van der Waals surface area contributed by atoms with Crippen LogP contribution in [0, 0.1) is 0 Å². The molecule has 33 heavy (non-hydrogen) atoms. The van der Waals surface area contributed by atoms with Gasteiger partial charge in [-0.15, -0.1) is 0 Å². The van der Waals surface area contributed by atoms with Crippen LogP contribution in [0.3, 0.4) is 0 Å². The lowest BCUT2D eigenvalue weighted by molar-refractivity contribution is 0.231. The molecule has 0 bridgehead atoms. The summed E-state index contributed by atoms with van der Waals surface area (Å²) >= 11 is 12.0. The molecule has 2 amide bonds. The Morgan fingerprint density at radius 2 is 1.76 bits per heavy atom. The summed E-state index contributed by atoms with van der Waals surface area (Å²) in [6.07, 6.45) is 8.27. The molecule has 1 aromatic heterocycles. The van der Waals surface area contributed by atoms with Gasteiger partial charge >= 0.3 is 6.03 Å². The van der Waals surface area contributed by atoms with E-state index in [-0.39, 0.29) is 12.1 Å². The lowest BCUT2D eigenvalue weighted by Crippen LogP contribution is -2.44. The molecule has 2 aliphatic rings. The molecule has 4 rings (SSSR count). The minimum absolute atomic E-state index is 0.161. The number of benzene rings is 1. The molecule has 0 saturated heterocycles. The molecular weight excluding hydrogens is 459 g/mol. The molecule has 0 spiro atoms. The van der Waals surface area contributed by atoms with Crippen molar-refractivity contribution >= 4 is 41.0 Å². The molecule has 3 N–H and O–H groups in total. The topological polar surface area (TPSA) is 82.2 Å². The smallest absolute Gasteiger partial charge is 0.315 e. The Labute approximate surface area is 205 Å². The van der Waals surface area contributed by atoms with Crippen molar-refractivity contribution < 1.29 is 4.79 Å². The van der Waals surface area contributed by atoms with E-state index in [0.29, 0.717) is 22.6 Å². The number of nitrogens with one attached hydrogen (secondary N) is 3. The highest BCUT2D eigenvalue weighted by molar-refractivity contribution is 6.42. The predicted molar refractivity (Wildman–Crippen MR) is 135 cm³/mol. The Morgan fingerprint density at radius 3 is 2.48 bits per heavy atom. The van der Waals surface area contributed by atoms with Gasteiger partial charge in [0.05, 0.1) is 15.7 Å². The zero-order valence-electron chi connectivity index (χ0n) is 19.3. The van der Waals surface area contributed by atoms with Crippen molar-refractivity contribution in [1.29, 1.82) is 0 Å². The maximum atomic E-state index is 12.3. The number of nitrogens with zero attached hydrogens (tertiary/aromatic N) is 3. The number of amides is 2. The van der Waals surface area contributed by atoms with Gasteiger partial charge in [0.2, 0.25) is 5.95 Å². The summed E-state index contributed by atoms with van der Waals surface area (Å²) in [5, 5.41) is 10.5. The van der Waals surface area contributed by atoms with Crippen LogP contribution in [0.4, 0.5) is 16.6 Å². The van der Waals surface area contributed by atoms with Gasteiger partial charge in [0.1, 0.15) is 5.82 Å². The molecular formula is C24H32Cl2N6O. The molecule has 0 aliphatic heterocycles. The summed E-state index contributed by atoms with van der Waals surface area (Å²) in [6.45, 7) is 0.406. The zero-order valence-corrected chi connectivity index (χ0v) is 20.8. The molecule has 1 heterocycles. The van der Waals surface area contributed by atoms with Crippen LogP contribution in [-0.2, 0) is 19.4 Å². The standard InChI is InChI=1S/C24H32Cl2N6O/c1-32(2)22-18-5-3-4-6-21(18)30-23(31-22)28-16-8-10-17(11-9-16)29-24(33)27-14-15-7-12-19(25)20(26)13-15/h7,12-13,16-17H,3-6,8-11,14H2,1-2H3,(H2,27,29,33)(H,28,30,31). The fourth-order valence-electron chi connectivity index (χ4n) is 4.64.